The molecule has 4 aliphatic rings. The van der Waals surface area contributed by atoms with E-state index in [1.807, 2.05) is 43.3 Å². The van der Waals surface area contributed by atoms with E-state index in [1.165, 1.54) is 18.6 Å². The highest BCUT2D eigenvalue weighted by atomic mass is 32.2. The largest absolute Gasteiger partial charge is 0.496 e. The zero-order valence-corrected chi connectivity index (χ0v) is 30.7. The molecule has 1 saturated heterocycles. The number of carbonyl (C=O) groups is 2. The molecule has 0 unspecified atom stereocenters. The van der Waals surface area contributed by atoms with Crippen molar-refractivity contribution in [1.82, 2.24) is 15.7 Å². The SMILES string of the molecule is COc1c(CN2O[C@@H](CO)[C@@H]([C@H](C)O)[C@H]2C(=O)N[C@H]2C[C@@H]3C[C@H]([C@@H]2C)C3(C)C)cccc1-c1cc(C(=O)NCCS(=O)(=O)O)cc(N(C)C)c1. The number of nitrogens with zero attached hydrogens (tertiary/aromatic N) is 2. The molecular formula is C36H52N4O9S. The lowest BCUT2D eigenvalue weighted by Crippen LogP contribution is -2.62. The van der Waals surface area contributed by atoms with Gasteiger partial charge in [-0.1, -0.05) is 39.0 Å². The van der Waals surface area contributed by atoms with Crippen LogP contribution in [-0.4, -0.2) is 104 Å². The van der Waals surface area contributed by atoms with Gasteiger partial charge in [0, 0.05) is 55.0 Å². The zero-order valence-electron chi connectivity index (χ0n) is 29.9. The fraction of sp³-hybridized carbons (Fsp3) is 0.611. The second-order valence-corrected chi connectivity index (χ2v) is 16.5. The van der Waals surface area contributed by atoms with Crippen LogP contribution in [0.2, 0.25) is 0 Å². The number of nitrogens with one attached hydrogen (secondary N) is 2. The van der Waals surface area contributed by atoms with Gasteiger partial charge in [0.05, 0.1) is 32.1 Å². The van der Waals surface area contributed by atoms with E-state index in [4.69, 9.17) is 14.1 Å². The molecule has 8 atom stereocenters. The van der Waals surface area contributed by atoms with Crippen molar-refractivity contribution >= 4 is 27.6 Å². The molecule has 14 heteroatoms. The minimum Gasteiger partial charge on any atom is -0.496 e. The highest BCUT2D eigenvalue weighted by Gasteiger charge is 2.57. The Hall–Kier alpha value is -3.27. The second-order valence-electron chi connectivity index (χ2n) is 14.9. The lowest BCUT2D eigenvalue weighted by Gasteiger charge is -2.62. The number of fused-ring (bicyclic) bond motifs is 2. The predicted molar refractivity (Wildman–Crippen MR) is 189 cm³/mol. The molecule has 0 spiro atoms. The maximum atomic E-state index is 14.1. The van der Waals surface area contributed by atoms with Crippen LogP contribution in [0.4, 0.5) is 5.69 Å². The van der Waals surface area contributed by atoms with Crippen LogP contribution >= 0.6 is 0 Å². The van der Waals surface area contributed by atoms with Crippen molar-refractivity contribution in [1.29, 1.82) is 0 Å². The number of amides is 2. The molecule has 5 N–H and O–H groups in total. The summed E-state index contributed by atoms with van der Waals surface area (Å²) in [5, 5.41) is 28.5. The number of aliphatic hydroxyl groups is 2. The first kappa shape index (κ1) is 38.0. The molecule has 1 heterocycles. The van der Waals surface area contributed by atoms with Crippen LogP contribution in [0.25, 0.3) is 11.1 Å². The maximum Gasteiger partial charge on any atom is 0.266 e. The van der Waals surface area contributed by atoms with Gasteiger partial charge in [-0.2, -0.15) is 13.5 Å². The number of para-hydroxylation sites is 1. The number of rotatable bonds is 13. The van der Waals surface area contributed by atoms with Crippen LogP contribution in [0.15, 0.2) is 36.4 Å². The Morgan fingerprint density at radius 3 is 2.48 bits per heavy atom. The van der Waals surface area contributed by atoms with E-state index in [2.05, 4.69) is 31.4 Å². The molecule has 50 heavy (non-hydrogen) atoms. The molecule has 4 fully saturated rings. The highest BCUT2D eigenvalue weighted by Crippen LogP contribution is 2.61. The first-order valence-electron chi connectivity index (χ1n) is 17.2. The summed E-state index contributed by atoms with van der Waals surface area (Å²) in [4.78, 5) is 35.2. The van der Waals surface area contributed by atoms with Crippen molar-refractivity contribution in [3.8, 4) is 16.9 Å². The molecule has 2 amide bonds. The van der Waals surface area contributed by atoms with Crippen molar-refractivity contribution in [2.24, 2.45) is 29.1 Å². The molecule has 6 rings (SSSR count). The van der Waals surface area contributed by atoms with Gasteiger partial charge in [-0.05, 0) is 66.7 Å². The number of hydroxylamine groups is 2. The summed E-state index contributed by atoms with van der Waals surface area (Å²) in [7, 11) is 0.948. The fourth-order valence-electron chi connectivity index (χ4n) is 8.38. The van der Waals surface area contributed by atoms with E-state index in [0.29, 0.717) is 45.9 Å². The topological polar surface area (TPSA) is 178 Å². The smallest absolute Gasteiger partial charge is 0.266 e. The minimum atomic E-state index is -4.24. The van der Waals surface area contributed by atoms with Gasteiger partial charge in [-0.25, -0.2) is 0 Å². The minimum absolute atomic E-state index is 0.00484. The third-order valence-electron chi connectivity index (χ3n) is 11.3. The molecule has 2 aromatic rings. The monoisotopic (exact) mass is 716 g/mol. The summed E-state index contributed by atoms with van der Waals surface area (Å²) in [5.74, 6) is -0.200. The van der Waals surface area contributed by atoms with Gasteiger partial charge >= 0.3 is 0 Å². The zero-order chi connectivity index (χ0) is 36.7. The van der Waals surface area contributed by atoms with Crippen LogP contribution in [0.1, 0.15) is 56.5 Å². The Kier molecular flexibility index (Phi) is 11.2. The molecule has 0 radical (unpaired) electrons. The number of aliphatic hydroxyl groups excluding tert-OH is 2. The lowest BCUT2D eigenvalue weighted by atomic mass is 9.45. The van der Waals surface area contributed by atoms with Crippen molar-refractivity contribution in [2.45, 2.75) is 71.4 Å². The van der Waals surface area contributed by atoms with E-state index in [1.54, 1.807) is 19.1 Å². The summed E-state index contributed by atoms with van der Waals surface area (Å²) in [5.41, 5.74) is 3.22. The quantitative estimate of drug-likeness (QED) is 0.193. The molecule has 0 aromatic heterocycles. The Morgan fingerprint density at radius 2 is 1.90 bits per heavy atom. The average Bonchev–Trinajstić information content (AvgIpc) is 3.43. The summed E-state index contributed by atoms with van der Waals surface area (Å²) in [6, 6.07) is 9.89. The third-order valence-corrected chi connectivity index (χ3v) is 12.1. The fourth-order valence-corrected chi connectivity index (χ4v) is 8.74. The molecule has 3 aliphatic carbocycles. The second kappa shape index (κ2) is 14.8. The van der Waals surface area contributed by atoms with Gasteiger partial charge in [0.15, 0.2) is 0 Å². The van der Waals surface area contributed by atoms with Gasteiger partial charge in [0.25, 0.3) is 16.0 Å². The number of methoxy groups -OCH3 is 1. The first-order valence-corrected chi connectivity index (χ1v) is 18.8. The molecule has 2 aromatic carbocycles. The Morgan fingerprint density at radius 1 is 1.18 bits per heavy atom. The predicted octanol–water partition coefficient (Wildman–Crippen LogP) is 2.71. The van der Waals surface area contributed by atoms with Gasteiger partial charge < -0.3 is 30.5 Å². The van der Waals surface area contributed by atoms with Crippen LogP contribution in [0.5, 0.6) is 5.75 Å². The Bertz CT molecular complexity index is 1680. The number of anilines is 1. The number of hydrogen-bond donors (Lipinski definition) is 5. The van der Waals surface area contributed by atoms with Crippen molar-refractivity contribution < 1.29 is 42.3 Å². The average molecular weight is 717 g/mol. The number of benzene rings is 2. The number of carbonyl (C=O) groups excluding carboxylic acids is 2. The molecule has 1 aliphatic heterocycles. The van der Waals surface area contributed by atoms with E-state index in [0.717, 1.165) is 6.42 Å². The van der Waals surface area contributed by atoms with Crippen LogP contribution < -0.4 is 20.3 Å². The summed E-state index contributed by atoms with van der Waals surface area (Å²) >= 11 is 0. The Labute approximate surface area is 295 Å². The molecule has 13 nitrogen and oxygen atoms in total. The van der Waals surface area contributed by atoms with E-state index in [-0.39, 0.29) is 42.6 Å². The van der Waals surface area contributed by atoms with Gasteiger partial charge in [0.2, 0.25) is 5.91 Å². The van der Waals surface area contributed by atoms with Crippen LogP contribution in [-0.2, 0) is 26.3 Å². The van der Waals surface area contributed by atoms with Gasteiger partial charge in [-0.15, -0.1) is 0 Å². The normalized spacial score (nSPS) is 28.0. The van der Waals surface area contributed by atoms with Crippen molar-refractivity contribution in [3.05, 3.63) is 47.5 Å². The summed E-state index contributed by atoms with van der Waals surface area (Å²) in [6.07, 6.45) is 0.341. The highest BCUT2D eigenvalue weighted by molar-refractivity contribution is 7.85. The van der Waals surface area contributed by atoms with E-state index < -0.39 is 45.9 Å². The van der Waals surface area contributed by atoms with E-state index in [9.17, 15) is 28.2 Å². The lowest BCUT2D eigenvalue weighted by molar-refractivity contribution is -0.183. The Balaban J connectivity index is 1.44. The maximum absolute atomic E-state index is 14.1. The molecule has 276 valence electrons. The number of hydrogen-bond acceptors (Lipinski definition) is 10. The van der Waals surface area contributed by atoms with Crippen LogP contribution in [0.3, 0.4) is 0 Å². The summed E-state index contributed by atoms with van der Waals surface area (Å²) in [6.45, 7) is 7.89. The van der Waals surface area contributed by atoms with E-state index >= 15 is 0 Å². The number of ether oxygens (including phenoxy) is 1. The van der Waals surface area contributed by atoms with Gasteiger partial charge in [-0.3, -0.25) is 19.0 Å². The standard InChI is InChI=1S/C36H52N4O9S/c1-20-28-16-25(36(28,3)4)17-29(20)38-35(44)32-31(21(2)42)30(19-41)49-40(32)18-22-9-8-10-27(33(22)48-7)23-13-24(15-26(14-23)39(5)6)34(43)37-11-12-50(45,46)47/h8-10,13-15,20-21,25,28-32,41-42H,11-12,16-19H2,1-7H3,(H,37,43)(H,38,44)(H,45,46,47)/t20-,21-,25-,28+,29-,30-,31+,32-/m0/s1. The van der Waals surface area contributed by atoms with Gasteiger partial charge in [0.1, 0.15) is 17.9 Å². The molecule has 3 saturated carbocycles. The van der Waals surface area contributed by atoms with Crippen molar-refractivity contribution in [3.63, 3.8) is 0 Å². The van der Waals surface area contributed by atoms with Crippen LogP contribution in [0, 0.1) is 29.1 Å². The molecule has 2 bridgehead atoms. The third kappa shape index (κ3) is 7.65. The first-order chi connectivity index (χ1) is 23.5. The molecular weight excluding hydrogens is 664 g/mol. The summed E-state index contributed by atoms with van der Waals surface area (Å²) < 4.78 is 37.3. The van der Waals surface area contributed by atoms with Crippen molar-refractivity contribution in [2.75, 3.05) is 45.0 Å².